The second-order valence-electron chi connectivity index (χ2n) is 7.61. The molecule has 0 aliphatic carbocycles. The van der Waals surface area contributed by atoms with Gasteiger partial charge in [-0.3, -0.25) is 9.69 Å². The lowest BCUT2D eigenvalue weighted by Gasteiger charge is -2.28. The van der Waals surface area contributed by atoms with Crippen molar-refractivity contribution in [2.45, 2.75) is 57.7 Å². The van der Waals surface area contributed by atoms with E-state index in [9.17, 15) is 14.4 Å². The van der Waals surface area contributed by atoms with Crippen LogP contribution in [0.15, 0.2) is 30.3 Å². The Kier molecular flexibility index (Phi) is 6.82. The molecule has 1 fully saturated rings. The third kappa shape index (κ3) is 5.98. The van der Waals surface area contributed by atoms with Crippen LogP contribution in [0.3, 0.4) is 0 Å². The molecule has 7 heteroatoms. The van der Waals surface area contributed by atoms with E-state index < -0.39 is 29.7 Å². The topological polar surface area (TPSA) is 84.9 Å². The number of carbonyl (C=O) groups is 3. The van der Waals surface area contributed by atoms with Crippen LogP contribution in [0.25, 0.3) is 0 Å². The van der Waals surface area contributed by atoms with Gasteiger partial charge >= 0.3 is 12.1 Å². The smallest absolute Gasteiger partial charge is 0.410 e. The van der Waals surface area contributed by atoms with Gasteiger partial charge in [-0.25, -0.2) is 9.59 Å². The first-order valence-corrected chi connectivity index (χ1v) is 9.13. The predicted octanol–water partition coefficient (Wildman–Crippen LogP) is 2.29. The number of hydrogen-bond donors (Lipinski definition) is 1. The summed E-state index contributed by atoms with van der Waals surface area (Å²) in [6.07, 6.45) is 1.04. The maximum atomic E-state index is 12.8. The molecule has 7 nitrogen and oxygen atoms in total. The van der Waals surface area contributed by atoms with E-state index in [1.807, 2.05) is 30.3 Å². The van der Waals surface area contributed by atoms with E-state index >= 15 is 0 Å². The van der Waals surface area contributed by atoms with E-state index in [0.29, 0.717) is 25.8 Å². The summed E-state index contributed by atoms with van der Waals surface area (Å²) in [4.78, 5) is 38.7. The van der Waals surface area contributed by atoms with E-state index in [1.54, 1.807) is 20.8 Å². The molecule has 0 spiro atoms. The number of nitrogens with zero attached hydrogens (tertiary/aromatic N) is 1. The number of benzene rings is 1. The molecule has 2 atom stereocenters. The van der Waals surface area contributed by atoms with E-state index in [-0.39, 0.29) is 5.91 Å². The Labute approximate surface area is 160 Å². The third-order valence-electron chi connectivity index (χ3n) is 4.27. The van der Waals surface area contributed by atoms with Gasteiger partial charge in [0.15, 0.2) is 0 Å². The van der Waals surface area contributed by atoms with Gasteiger partial charge in [0.1, 0.15) is 17.7 Å². The summed E-state index contributed by atoms with van der Waals surface area (Å²) in [5, 5.41) is 2.74. The van der Waals surface area contributed by atoms with Crippen LogP contribution in [-0.4, -0.2) is 54.2 Å². The highest BCUT2D eigenvalue weighted by Crippen LogP contribution is 2.21. The molecule has 148 valence electrons. The molecule has 0 radical (unpaired) electrons. The molecular formula is C20H28N2O5. The first kappa shape index (κ1) is 20.7. The van der Waals surface area contributed by atoms with Crippen molar-refractivity contribution in [3.8, 4) is 0 Å². The van der Waals surface area contributed by atoms with Crippen molar-refractivity contribution in [2.24, 2.45) is 0 Å². The number of ether oxygens (including phenoxy) is 2. The predicted molar refractivity (Wildman–Crippen MR) is 100 cm³/mol. The van der Waals surface area contributed by atoms with Gasteiger partial charge in [0, 0.05) is 13.0 Å². The Morgan fingerprint density at radius 1 is 1.22 bits per heavy atom. The van der Waals surface area contributed by atoms with E-state index in [1.165, 1.54) is 12.0 Å². The molecule has 1 aromatic rings. The molecule has 0 saturated carbocycles. The quantitative estimate of drug-likeness (QED) is 0.797. The van der Waals surface area contributed by atoms with E-state index in [0.717, 1.165) is 5.56 Å². The van der Waals surface area contributed by atoms with Crippen LogP contribution in [0.2, 0.25) is 0 Å². The van der Waals surface area contributed by atoms with Gasteiger partial charge in [-0.15, -0.1) is 0 Å². The molecule has 1 aliphatic heterocycles. The van der Waals surface area contributed by atoms with Crippen LogP contribution in [0.1, 0.15) is 39.2 Å². The number of esters is 1. The first-order valence-electron chi connectivity index (χ1n) is 9.13. The summed E-state index contributed by atoms with van der Waals surface area (Å²) < 4.78 is 10.2. The van der Waals surface area contributed by atoms with E-state index in [4.69, 9.17) is 9.47 Å². The maximum Gasteiger partial charge on any atom is 0.410 e. The average Bonchev–Trinajstić information content (AvgIpc) is 3.10. The number of rotatable bonds is 5. The second-order valence-corrected chi connectivity index (χ2v) is 7.61. The van der Waals surface area contributed by atoms with Crippen molar-refractivity contribution in [3.05, 3.63) is 35.9 Å². The van der Waals surface area contributed by atoms with Gasteiger partial charge in [-0.2, -0.15) is 0 Å². The van der Waals surface area contributed by atoms with Crippen molar-refractivity contribution >= 4 is 18.0 Å². The molecule has 0 bridgehead atoms. The molecule has 1 N–H and O–H groups in total. The summed E-state index contributed by atoms with van der Waals surface area (Å²) in [6.45, 7) is 5.80. The van der Waals surface area contributed by atoms with Gasteiger partial charge in [0.25, 0.3) is 0 Å². The largest absolute Gasteiger partial charge is 0.467 e. The van der Waals surface area contributed by atoms with Crippen molar-refractivity contribution in [1.82, 2.24) is 10.2 Å². The molecule has 1 heterocycles. The lowest BCUT2D eigenvalue weighted by molar-refractivity contribution is -0.145. The highest BCUT2D eigenvalue weighted by Gasteiger charge is 2.38. The number of nitrogens with one attached hydrogen (secondary N) is 1. The second kappa shape index (κ2) is 8.88. The number of amides is 2. The Hall–Kier alpha value is -2.57. The highest BCUT2D eigenvalue weighted by molar-refractivity contribution is 5.90. The van der Waals surface area contributed by atoms with Crippen molar-refractivity contribution in [1.29, 1.82) is 0 Å². The molecule has 0 aromatic heterocycles. The van der Waals surface area contributed by atoms with Crippen LogP contribution >= 0.6 is 0 Å². The highest BCUT2D eigenvalue weighted by atomic mass is 16.6. The van der Waals surface area contributed by atoms with Crippen molar-refractivity contribution in [2.75, 3.05) is 13.7 Å². The first-order chi connectivity index (χ1) is 12.7. The molecule has 1 aliphatic rings. The van der Waals surface area contributed by atoms with Crippen LogP contribution < -0.4 is 5.32 Å². The summed E-state index contributed by atoms with van der Waals surface area (Å²) in [6, 6.07) is 7.91. The minimum Gasteiger partial charge on any atom is -0.467 e. The van der Waals surface area contributed by atoms with Crippen LogP contribution in [0.4, 0.5) is 4.79 Å². The zero-order valence-electron chi connectivity index (χ0n) is 16.4. The molecule has 1 aromatic carbocycles. The Morgan fingerprint density at radius 3 is 2.48 bits per heavy atom. The van der Waals surface area contributed by atoms with Crippen LogP contribution in [-0.2, 0) is 25.5 Å². The van der Waals surface area contributed by atoms with Gasteiger partial charge < -0.3 is 14.8 Å². The number of carbonyl (C=O) groups excluding carboxylic acids is 3. The van der Waals surface area contributed by atoms with Gasteiger partial charge in [-0.1, -0.05) is 30.3 Å². The zero-order chi connectivity index (χ0) is 20.0. The summed E-state index contributed by atoms with van der Waals surface area (Å²) in [5.41, 5.74) is 0.270. The summed E-state index contributed by atoms with van der Waals surface area (Å²) >= 11 is 0. The van der Waals surface area contributed by atoms with Crippen LogP contribution in [0.5, 0.6) is 0 Å². The molecule has 2 amide bonds. The van der Waals surface area contributed by atoms with Gasteiger partial charge in [0.2, 0.25) is 5.91 Å². The monoisotopic (exact) mass is 376 g/mol. The molecule has 2 unspecified atom stereocenters. The van der Waals surface area contributed by atoms with Gasteiger partial charge in [-0.05, 0) is 39.2 Å². The number of likely N-dealkylation sites (tertiary alicyclic amines) is 1. The zero-order valence-corrected chi connectivity index (χ0v) is 16.4. The fraction of sp³-hybridized carbons (Fsp3) is 0.550. The Bertz CT molecular complexity index is 669. The van der Waals surface area contributed by atoms with Gasteiger partial charge in [0.05, 0.1) is 7.11 Å². The maximum absolute atomic E-state index is 12.8. The molecule has 1 saturated heterocycles. The van der Waals surface area contributed by atoms with E-state index in [2.05, 4.69) is 5.32 Å². The molecule has 27 heavy (non-hydrogen) atoms. The summed E-state index contributed by atoms with van der Waals surface area (Å²) in [5.74, 6) is -0.890. The molecule has 2 rings (SSSR count). The standard InChI is InChI=1S/C20H28N2O5/c1-20(2,3)27-19(25)22-12-8-11-16(22)17(23)21-15(18(24)26-4)13-14-9-6-5-7-10-14/h5-7,9-10,15-16H,8,11-13H2,1-4H3,(H,21,23). The van der Waals surface area contributed by atoms with Crippen LogP contribution in [0, 0.1) is 0 Å². The fourth-order valence-electron chi connectivity index (χ4n) is 3.03. The number of methoxy groups -OCH3 is 1. The molecular weight excluding hydrogens is 348 g/mol. The van der Waals surface area contributed by atoms with Crippen molar-refractivity contribution < 1.29 is 23.9 Å². The fourth-order valence-corrected chi connectivity index (χ4v) is 3.03. The lowest BCUT2D eigenvalue weighted by Crippen LogP contribution is -2.52. The minimum atomic E-state index is -0.814. The Morgan fingerprint density at radius 2 is 1.89 bits per heavy atom. The SMILES string of the molecule is COC(=O)C(Cc1ccccc1)NC(=O)C1CCCN1C(=O)OC(C)(C)C. The number of hydrogen-bond acceptors (Lipinski definition) is 5. The minimum absolute atomic E-state index is 0.318. The van der Waals surface area contributed by atoms with Crippen molar-refractivity contribution in [3.63, 3.8) is 0 Å². The summed E-state index contributed by atoms with van der Waals surface area (Å²) in [7, 11) is 1.29. The lowest BCUT2D eigenvalue weighted by atomic mass is 10.1. The Balaban J connectivity index is 2.06. The third-order valence-corrected chi connectivity index (χ3v) is 4.27. The average molecular weight is 376 g/mol. The normalized spacial score (nSPS) is 17.9.